The monoisotopic (exact) mass is 247 g/mol. The maximum atomic E-state index is 10.8. The molecule has 0 saturated carbocycles. The Hall–Kier alpha value is -1.51. The summed E-state index contributed by atoms with van der Waals surface area (Å²) in [7, 11) is 0. The van der Waals surface area contributed by atoms with Gasteiger partial charge in [0.15, 0.2) is 0 Å². The third kappa shape index (κ3) is 2.35. The number of hydrogen-bond acceptors (Lipinski definition) is 2. The predicted molar refractivity (Wildman–Crippen MR) is 73.2 cm³/mol. The van der Waals surface area contributed by atoms with Gasteiger partial charge >= 0.3 is 5.97 Å². The molecule has 1 aliphatic heterocycles. The maximum Gasteiger partial charge on any atom is 0.303 e. The van der Waals surface area contributed by atoms with E-state index in [0.717, 1.165) is 12.8 Å². The number of benzene rings is 1. The van der Waals surface area contributed by atoms with Gasteiger partial charge in [-0.3, -0.25) is 4.79 Å². The fourth-order valence-corrected chi connectivity index (χ4v) is 2.96. The van der Waals surface area contributed by atoms with Crippen molar-refractivity contribution in [1.82, 2.24) is 0 Å². The molecule has 0 fully saturated rings. The molecule has 1 aliphatic rings. The summed E-state index contributed by atoms with van der Waals surface area (Å²) in [5.74, 6) is -0.702. The van der Waals surface area contributed by atoms with Crippen LogP contribution in [0.4, 0.5) is 5.69 Å². The molecular formula is C15H21NO2. The highest BCUT2D eigenvalue weighted by atomic mass is 16.4. The zero-order chi connectivity index (χ0) is 13.3. The number of rotatable bonds is 4. The smallest absolute Gasteiger partial charge is 0.303 e. The van der Waals surface area contributed by atoms with E-state index in [4.69, 9.17) is 5.11 Å². The Morgan fingerprint density at radius 1 is 1.50 bits per heavy atom. The van der Waals surface area contributed by atoms with E-state index in [-0.39, 0.29) is 6.42 Å². The summed E-state index contributed by atoms with van der Waals surface area (Å²) in [6.45, 7) is 6.48. The summed E-state index contributed by atoms with van der Waals surface area (Å²) >= 11 is 0. The Labute approximate surface area is 108 Å². The standard InChI is InChI=1S/C15H21NO2/c1-10(2)16-12(7-8-15(17)18)9-13-11(3)5-4-6-14(13)16/h4-6,10,12H,7-9H2,1-3H3,(H,17,18). The number of anilines is 1. The Bertz CT molecular complexity index is 454. The third-order valence-corrected chi connectivity index (χ3v) is 3.74. The lowest BCUT2D eigenvalue weighted by molar-refractivity contribution is -0.137. The lowest BCUT2D eigenvalue weighted by Gasteiger charge is -2.31. The van der Waals surface area contributed by atoms with Crippen LogP contribution in [0, 0.1) is 6.92 Å². The zero-order valence-corrected chi connectivity index (χ0v) is 11.3. The number of aryl methyl sites for hydroxylation is 1. The number of nitrogens with zero attached hydrogens (tertiary/aromatic N) is 1. The Kier molecular flexibility index (Phi) is 3.60. The molecule has 1 atom stereocenters. The second-order valence-electron chi connectivity index (χ2n) is 5.36. The summed E-state index contributed by atoms with van der Waals surface area (Å²) in [6, 6.07) is 7.12. The number of carbonyl (C=O) groups is 1. The average Bonchev–Trinajstić information content (AvgIpc) is 2.66. The van der Waals surface area contributed by atoms with Gasteiger partial charge in [0.2, 0.25) is 0 Å². The van der Waals surface area contributed by atoms with Gasteiger partial charge in [0, 0.05) is 24.2 Å². The van der Waals surface area contributed by atoms with Crippen molar-refractivity contribution in [3.05, 3.63) is 29.3 Å². The van der Waals surface area contributed by atoms with Crippen molar-refractivity contribution in [1.29, 1.82) is 0 Å². The fourth-order valence-electron chi connectivity index (χ4n) is 2.96. The first kappa shape index (κ1) is 12.9. The molecule has 0 radical (unpaired) electrons. The van der Waals surface area contributed by atoms with E-state index in [0.29, 0.717) is 12.1 Å². The summed E-state index contributed by atoms with van der Waals surface area (Å²) in [6.07, 6.45) is 1.95. The lowest BCUT2D eigenvalue weighted by Crippen LogP contribution is -2.38. The molecule has 0 aromatic heterocycles. The highest BCUT2D eigenvalue weighted by Gasteiger charge is 2.31. The second-order valence-corrected chi connectivity index (χ2v) is 5.36. The van der Waals surface area contributed by atoms with Gasteiger partial charge in [0.25, 0.3) is 0 Å². The van der Waals surface area contributed by atoms with Gasteiger partial charge in [-0.1, -0.05) is 12.1 Å². The first-order valence-electron chi connectivity index (χ1n) is 6.59. The van der Waals surface area contributed by atoms with Gasteiger partial charge in [-0.2, -0.15) is 0 Å². The Morgan fingerprint density at radius 2 is 2.22 bits per heavy atom. The van der Waals surface area contributed by atoms with E-state index in [1.807, 2.05) is 0 Å². The highest BCUT2D eigenvalue weighted by molar-refractivity contribution is 5.67. The molecule has 3 heteroatoms. The number of fused-ring (bicyclic) bond motifs is 1. The molecule has 2 rings (SSSR count). The van der Waals surface area contributed by atoms with Crippen molar-refractivity contribution in [3.8, 4) is 0 Å². The molecule has 98 valence electrons. The van der Waals surface area contributed by atoms with E-state index < -0.39 is 5.97 Å². The number of aliphatic carboxylic acids is 1. The molecule has 0 bridgehead atoms. The summed E-state index contributed by atoms with van der Waals surface area (Å²) < 4.78 is 0. The fraction of sp³-hybridized carbons (Fsp3) is 0.533. The Balaban J connectivity index is 2.25. The number of hydrogen-bond donors (Lipinski definition) is 1. The van der Waals surface area contributed by atoms with E-state index in [1.165, 1.54) is 16.8 Å². The minimum Gasteiger partial charge on any atom is -0.481 e. The quantitative estimate of drug-likeness (QED) is 0.889. The van der Waals surface area contributed by atoms with Crippen LogP contribution < -0.4 is 4.90 Å². The van der Waals surface area contributed by atoms with Gasteiger partial charge in [-0.25, -0.2) is 0 Å². The number of carboxylic acids is 1. The molecule has 1 unspecified atom stereocenters. The third-order valence-electron chi connectivity index (χ3n) is 3.74. The molecular weight excluding hydrogens is 226 g/mol. The molecule has 1 aromatic rings. The van der Waals surface area contributed by atoms with Crippen LogP contribution in [0.2, 0.25) is 0 Å². The van der Waals surface area contributed by atoms with Crippen LogP contribution in [-0.4, -0.2) is 23.2 Å². The first-order valence-corrected chi connectivity index (χ1v) is 6.59. The van der Waals surface area contributed by atoms with Crippen molar-refractivity contribution in [2.75, 3.05) is 4.90 Å². The van der Waals surface area contributed by atoms with Crippen molar-refractivity contribution in [2.24, 2.45) is 0 Å². The molecule has 0 aliphatic carbocycles. The van der Waals surface area contributed by atoms with Crippen LogP contribution in [0.25, 0.3) is 0 Å². The van der Waals surface area contributed by atoms with Gasteiger partial charge < -0.3 is 10.0 Å². The zero-order valence-electron chi connectivity index (χ0n) is 11.3. The maximum absolute atomic E-state index is 10.8. The highest BCUT2D eigenvalue weighted by Crippen LogP contribution is 2.37. The molecule has 1 heterocycles. The van der Waals surface area contributed by atoms with Crippen LogP contribution in [-0.2, 0) is 11.2 Å². The molecule has 3 nitrogen and oxygen atoms in total. The first-order chi connectivity index (χ1) is 8.50. The van der Waals surface area contributed by atoms with E-state index in [1.54, 1.807) is 0 Å². The largest absolute Gasteiger partial charge is 0.481 e. The minimum absolute atomic E-state index is 0.251. The molecule has 0 amide bonds. The van der Waals surface area contributed by atoms with Crippen LogP contribution in [0.15, 0.2) is 18.2 Å². The van der Waals surface area contributed by atoms with Crippen molar-refractivity contribution < 1.29 is 9.90 Å². The summed E-state index contributed by atoms with van der Waals surface area (Å²) in [4.78, 5) is 13.1. The molecule has 0 spiro atoms. The second kappa shape index (κ2) is 5.01. The summed E-state index contributed by atoms with van der Waals surface area (Å²) in [5.41, 5.74) is 4.00. The predicted octanol–water partition coefficient (Wildman–Crippen LogP) is 3.00. The lowest BCUT2D eigenvalue weighted by atomic mass is 10.0. The van der Waals surface area contributed by atoms with Crippen LogP contribution in [0.3, 0.4) is 0 Å². The van der Waals surface area contributed by atoms with E-state index >= 15 is 0 Å². The van der Waals surface area contributed by atoms with Crippen molar-refractivity contribution >= 4 is 11.7 Å². The van der Waals surface area contributed by atoms with Crippen LogP contribution in [0.5, 0.6) is 0 Å². The van der Waals surface area contributed by atoms with Gasteiger partial charge in [-0.05, 0) is 50.8 Å². The molecule has 18 heavy (non-hydrogen) atoms. The van der Waals surface area contributed by atoms with E-state index in [9.17, 15) is 4.79 Å². The number of carboxylic acid groups (broad SMARTS) is 1. The Morgan fingerprint density at radius 3 is 2.83 bits per heavy atom. The topological polar surface area (TPSA) is 40.5 Å². The van der Waals surface area contributed by atoms with Gasteiger partial charge in [-0.15, -0.1) is 0 Å². The average molecular weight is 247 g/mol. The molecule has 1 aromatic carbocycles. The van der Waals surface area contributed by atoms with Crippen molar-refractivity contribution in [2.45, 2.75) is 52.1 Å². The van der Waals surface area contributed by atoms with Gasteiger partial charge in [0.1, 0.15) is 0 Å². The molecule has 1 N–H and O–H groups in total. The van der Waals surface area contributed by atoms with Crippen molar-refractivity contribution in [3.63, 3.8) is 0 Å². The molecule has 0 saturated heterocycles. The SMILES string of the molecule is Cc1cccc2c1CC(CCC(=O)O)N2C(C)C. The summed E-state index contributed by atoms with van der Waals surface area (Å²) in [5, 5.41) is 8.85. The minimum atomic E-state index is -0.702. The van der Waals surface area contributed by atoms with Crippen LogP contribution >= 0.6 is 0 Å². The van der Waals surface area contributed by atoms with Crippen LogP contribution in [0.1, 0.15) is 37.8 Å². The normalized spacial score (nSPS) is 18.2. The van der Waals surface area contributed by atoms with Gasteiger partial charge in [0.05, 0.1) is 0 Å². The van der Waals surface area contributed by atoms with E-state index in [2.05, 4.69) is 43.9 Å².